The monoisotopic (exact) mass is 285 g/mol. The van der Waals surface area contributed by atoms with Crippen LogP contribution in [0.15, 0.2) is 12.1 Å². The van der Waals surface area contributed by atoms with Gasteiger partial charge in [0.2, 0.25) is 0 Å². The zero-order chi connectivity index (χ0) is 14.6. The predicted octanol–water partition coefficient (Wildman–Crippen LogP) is 1.75. The van der Waals surface area contributed by atoms with Crippen LogP contribution in [-0.2, 0) is 14.3 Å². The Morgan fingerprint density at radius 2 is 1.84 bits per heavy atom. The molecule has 1 atom stereocenters. The number of nitrogens with two attached hydrogens (primary N) is 1. The number of halogens is 1. The molecule has 104 valence electrons. The van der Waals surface area contributed by atoms with Crippen LogP contribution in [0.1, 0.15) is 18.1 Å². The Balaban J connectivity index is 2.63. The molecule has 0 aliphatic carbocycles. The minimum Gasteiger partial charge on any atom is -0.481 e. The number of carbonyl (C=O) groups is 2. The van der Waals surface area contributed by atoms with E-state index in [0.717, 1.165) is 11.1 Å². The summed E-state index contributed by atoms with van der Waals surface area (Å²) in [4.78, 5) is 22.2. The van der Waals surface area contributed by atoms with Crippen LogP contribution in [0.2, 0.25) is 5.02 Å². The Kier molecular flexibility index (Phi) is 5.18. The molecular weight excluding hydrogens is 270 g/mol. The van der Waals surface area contributed by atoms with Crippen molar-refractivity contribution in [1.29, 1.82) is 0 Å². The molecular formula is C13H16ClNO4. The van der Waals surface area contributed by atoms with E-state index in [1.807, 2.05) is 13.8 Å². The largest absolute Gasteiger partial charge is 0.481 e. The molecule has 0 aromatic heterocycles. The second-order valence-corrected chi connectivity index (χ2v) is 4.63. The van der Waals surface area contributed by atoms with Gasteiger partial charge in [-0.3, -0.25) is 4.79 Å². The molecule has 0 saturated heterocycles. The quantitative estimate of drug-likeness (QED) is 0.836. The number of hydrogen-bond donors (Lipinski definition) is 1. The van der Waals surface area contributed by atoms with Gasteiger partial charge < -0.3 is 15.2 Å². The first kappa shape index (κ1) is 15.3. The van der Waals surface area contributed by atoms with Gasteiger partial charge in [0, 0.05) is 5.02 Å². The number of carbonyl (C=O) groups excluding carboxylic acids is 2. The molecule has 6 heteroatoms. The van der Waals surface area contributed by atoms with Gasteiger partial charge in [0.25, 0.3) is 5.91 Å². The van der Waals surface area contributed by atoms with Crippen molar-refractivity contribution < 1.29 is 19.1 Å². The molecule has 1 aromatic carbocycles. The molecule has 0 fully saturated rings. The highest BCUT2D eigenvalue weighted by Crippen LogP contribution is 2.26. The number of primary amides is 1. The van der Waals surface area contributed by atoms with E-state index < -0.39 is 18.0 Å². The number of esters is 1. The van der Waals surface area contributed by atoms with Crippen molar-refractivity contribution in [1.82, 2.24) is 0 Å². The van der Waals surface area contributed by atoms with Crippen LogP contribution >= 0.6 is 11.6 Å². The highest BCUT2D eigenvalue weighted by Gasteiger charge is 2.15. The van der Waals surface area contributed by atoms with E-state index in [0.29, 0.717) is 10.8 Å². The van der Waals surface area contributed by atoms with E-state index in [1.165, 1.54) is 6.92 Å². The van der Waals surface area contributed by atoms with E-state index in [-0.39, 0.29) is 6.61 Å². The fraction of sp³-hybridized carbons (Fsp3) is 0.385. The summed E-state index contributed by atoms with van der Waals surface area (Å²) in [5, 5.41) is 0.604. The minimum absolute atomic E-state index is 0.291. The summed E-state index contributed by atoms with van der Waals surface area (Å²) in [7, 11) is 0. The third kappa shape index (κ3) is 4.44. The summed E-state index contributed by atoms with van der Waals surface area (Å²) in [6.07, 6.45) is -0.969. The summed E-state index contributed by atoms with van der Waals surface area (Å²) in [5.74, 6) is -0.777. The lowest BCUT2D eigenvalue weighted by Crippen LogP contribution is -2.32. The standard InChI is InChI=1S/C13H16ClNO4/c1-7-4-10(14)5-8(2)12(7)18-6-11(16)19-9(3)13(15)17/h4-5,9H,6H2,1-3H3,(H2,15,17)/t9-/m1/s1. The first-order valence-electron chi connectivity index (χ1n) is 5.69. The topological polar surface area (TPSA) is 78.6 Å². The molecule has 0 unspecified atom stereocenters. The van der Waals surface area contributed by atoms with Crippen molar-refractivity contribution in [3.8, 4) is 5.75 Å². The lowest BCUT2D eigenvalue weighted by Gasteiger charge is -2.13. The van der Waals surface area contributed by atoms with Gasteiger partial charge in [-0.2, -0.15) is 0 Å². The predicted molar refractivity (Wildman–Crippen MR) is 71.2 cm³/mol. The maximum Gasteiger partial charge on any atom is 0.344 e. The maximum atomic E-state index is 11.4. The van der Waals surface area contributed by atoms with E-state index in [9.17, 15) is 9.59 Å². The van der Waals surface area contributed by atoms with Gasteiger partial charge >= 0.3 is 5.97 Å². The van der Waals surface area contributed by atoms with Crippen LogP contribution in [0.3, 0.4) is 0 Å². The molecule has 0 saturated carbocycles. The highest BCUT2D eigenvalue weighted by molar-refractivity contribution is 6.30. The van der Waals surface area contributed by atoms with Gasteiger partial charge in [-0.15, -0.1) is 0 Å². The SMILES string of the molecule is Cc1cc(Cl)cc(C)c1OCC(=O)O[C@H](C)C(N)=O. The van der Waals surface area contributed by atoms with Gasteiger partial charge in [-0.25, -0.2) is 4.79 Å². The molecule has 0 heterocycles. The number of rotatable bonds is 5. The van der Waals surface area contributed by atoms with Crippen LogP contribution in [-0.4, -0.2) is 24.6 Å². The number of amides is 1. The Labute approximate surface area is 116 Å². The molecule has 5 nitrogen and oxygen atoms in total. The third-order valence-corrected chi connectivity index (χ3v) is 2.69. The number of hydrogen-bond acceptors (Lipinski definition) is 4. The van der Waals surface area contributed by atoms with Crippen molar-refractivity contribution in [2.24, 2.45) is 5.73 Å². The Morgan fingerprint density at radius 3 is 2.32 bits per heavy atom. The highest BCUT2D eigenvalue weighted by atomic mass is 35.5. The average molecular weight is 286 g/mol. The summed E-state index contributed by atoms with van der Waals surface area (Å²) in [6.45, 7) is 4.76. The summed E-state index contributed by atoms with van der Waals surface area (Å²) < 4.78 is 10.2. The molecule has 1 aromatic rings. The average Bonchev–Trinajstić information content (AvgIpc) is 2.27. The van der Waals surface area contributed by atoms with E-state index >= 15 is 0 Å². The van der Waals surface area contributed by atoms with E-state index in [2.05, 4.69) is 0 Å². The minimum atomic E-state index is -0.969. The smallest absolute Gasteiger partial charge is 0.344 e. The third-order valence-electron chi connectivity index (χ3n) is 2.47. The van der Waals surface area contributed by atoms with Gasteiger partial charge in [-0.05, 0) is 44.0 Å². The fourth-order valence-corrected chi connectivity index (χ4v) is 1.87. The first-order valence-corrected chi connectivity index (χ1v) is 6.07. The zero-order valence-corrected chi connectivity index (χ0v) is 11.8. The fourth-order valence-electron chi connectivity index (χ4n) is 1.55. The molecule has 1 amide bonds. The summed E-state index contributed by atoms with van der Waals surface area (Å²) in [5.41, 5.74) is 6.63. The lowest BCUT2D eigenvalue weighted by atomic mass is 10.1. The number of benzene rings is 1. The van der Waals surface area contributed by atoms with E-state index in [1.54, 1.807) is 12.1 Å². The molecule has 0 bridgehead atoms. The molecule has 2 N–H and O–H groups in total. The summed E-state index contributed by atoms with van der Waals surface area (Å²) >= 11 is 5.89. The van der Waals surface area contributed by atoms with Crippen LogP contribution in [0.5, 0.6) is 5.75 Å². The van der Waals surface area contributed by atoms with Crippen molar-refractivity contribution in [2.75, 3.05) is 6.61 Å². The number of aryl methyl sites for hydroxylation is 2. The zero-order valence-electron chi connectivity index (χ0n) is 11.0. The summed E-state index contributed by atoms with van der Waals surface area (Å²) in [6, 6.07) is 3.47. The molecule has 1 rings (SSSR count). The van der Waals surface area contributed by atoms with Crippen molar-refractivity contribution >= 4 is 23.5 Å². The molecule has 19 heavy (non-hydrogen) atoms. The van der Waals surface area contributed by atoms with Crippen molar-refractivity contribution in [2.45, 2.75) is 26.9 Å². The van der Waals surface area contributed by atoms with Gasteiger partial charge in [0.15, 0.2) is 12.7 Å². The van der Waals surface area contributed by atoms with Crippen molar-refractivity contribution in [3.05, 3.63) is 28.3 Å². The Hall–Kier alpha value is -1.75. The van der Waals surface area contributed by atoms with Crippen molar-refractivity contribution in [3.63, 3.8) is 0 Å². The Morgan fingerprint density at radius 1 is 1.32 bits per heavy atom. The second kappa shape index (κ2) is 6.43. The number of ether oxygens (including phenoxy) is 2. The van der Waals surface area contributed by atoms with E-state index in [4.69, 9.17) is 26.8 Å². The van der Waals surface area contributed by atoms with Gasteiger partial charge in [0.1, 0.15) is 5.75 Å². The molecule has 0 aliphatic heterocycles. The Bertz CT molecular complexity index is 478. The van der Waals surface area contributed by atoms with Crippen LogP contribution < -0.4 is 10.5 Å². The van der Waals surface area contributed by atoms with Crippen LogP contribution in [0, 0.1) is 13.8 Å². The molecule has 0 aliphatic rings. The normalized spacial score (nSPS) is 11.8. The van der Waals surface area contributed by atoms with Gasteiger partial charge in [0.05, 0.1) is 0 Å². The molecule has 0 radical (unpaired) electrons. The van der Waals surface area contributed by atoms with Crippen LogP contribution in [0.25, 0.3) is 0 Å². The first-order chi connectivity index (χ1) is 8.81. The lowest BCUT2D eigenvalue weighted by molar-refractivity contribution is -0.155. The second-order valence-electron chi connectivity index (χ2n) is 4.19. The van der Waals surface area contributed by atoms with Gasteiger partial charge in [-0.1, -0.05) is 11.6 Å². The maximum absolute atomic E-state index is 11.4. The molecule has 0 spiro atoms. The van der Waals surface area contributed by atoms with Crippen LogP contribution in [0.4, 0.5) is 0 Å².